The van der Waals surface area contributed by atoms with Crippen molar-refractivity contribution in [2.24, 2.45) is 0 Å². The van der Waals surface area contributed by atoms with E-state index in [0.29, 0.717) is 0 Å². The largest absolute Gasteiger partial charge is 0.479 e. The highest BCUT2D eigenvalue weighted by atomic mass is 32.3. The first kappa shape index (κ1) is 42.3. The SMILES string of the molecule is O=C(O)[C@H]1O[C@H](O[C@@H]2[C@H](O)[C@@H](O)[C@@H](O)O[C@@H]2CO)[C@H](OS(=O)(=O)O)[C@@H](O[C@@H]2O[C@H](C(=O)O)[C@@H](O[C@@H]3O[C@H](C(=O)O)[C@@H](O)[C@H](O)[C@H]3O)[C@H](O)[C@H]2O)[C@H]1O. The molecule has 27 nitrogen and oxygen atoms in total. The molecule has 0 radical (unpaired) electrons. The van der Waals surface area contributed by atoms with Crippen molar-refractivity contribution in [2.75, 3.05) is 6.61 Å². The van der Waals surface area contributed by atoms with Gasteiger partial charge in [-0.3, -0.25) is 4.55 Å². The molecule has 4 aliphatic rings. The van der Waals surface area contributed by atoms with Crippen LogP contribution in [0.2, 0.25) is 0 Å². The van der Waals surface area contributed by atoms with E-state index in [1.165, 1.54) is 0 Å². The van der Waals surface area contributed by atoms with E-state index in [1.807, 2.05) is 0 Å². The molecule has 0 aromatic rings. The first-order valence-corrected chi connectivity index (χ1v) is 16.1. The number of carboxylic acid groups (broad SMARTS) is 3. The molecule has 0 amide bonds. The normalized spacial score (nSPS) is 47.4. The molecule has 4 aliphatic heterocycles. The third kappa shape index (κ3) is 8.76. The first-order valence-electron chi connectivity index (χ1n) is 14.7. The van der Waals surface area contributed by atoms with Gasteiger partial charge in [-0.05, 0) is 0 Å². The van der Waals surface area contributed by atoms with Crippen LogP contribution in [0.1, 0.15) is 0 Å². The summed E-state index contributed by atoms with van der Waals surface area (Å²) in [5.41, 5.74) is 0. The van der Waals surface area contributed by atoms with Crippen LogP contribution < -0.4 is 0 Å². The minimum Gasteiger partial charge on any atom is -0.479 e. The zero-order valence-electron chi connectivity index (χ0n) is 25.7. The third-order valence-corrected chi connectivity index (χ3v) is 8.77. The number of ether oxygens (including phenoxy) is 7. The zero-order chi connectivity index (χ0) is 39.1. The van der Waals surface area contributed by atoms with Gasteiger partial charge in [-0.25, -0.2) is 18.6 Å². The molecular formula is C24H36O27S. The number of hydrogen-bond donors (Lipinski definition) is 14. The molecule has 0 unspecified atom stereocenters. The Bertz CT molecular complexity index is 1380. The van der Waals surface area contributed by atoms with Gasteiger partial charge in [0.15, 0.2) is 49.6 Å². The van der Waals surface area contributed by atoms with Crippen molar-refractivity contribution in [1.29, 1.82) is 0 Å². The summed E-state index contributed by atoms with van der Waals surface area (Å²) in [4.78, 5) is 35.7. The standard InChI is InChI=1S/C24H36O27S/c25-1-2-11(5(28)7(30)21(40)44-2)45-24-17(51-52(41,42)43)13(10(33)15(49-24)19(36)37)47-23-9(32)6(29)12(16(50-23)20(38)39)46-22-8(31)3(26)4(27)14(48-22)18(34)35/h2-17,21-33,40H,1H2,(H,34,35)(H,36,37)(H,38,39)(H,41,42,43)/t2-,3+,4+,5-,6-,7-,8-,9-,10-,11+,12+,13+,14+,15+,16+,17-,21+,22-,23-,24+/m1/s1. The number of aliphatic hydroxyl groups excluding tert-OH is 10. The van der Waals surface area contributed by atoms with E-state index in [9.17, 15) is 93.7 Å². The van der Waals surface area contributed by atoms with E-state index in [2.05, 4.69) is 4.18 Å². The van der Waals surface area contributed by atoms with Crippen LogP contribution in [0, 0.1) is 0 Å². The molecule has 14 N–H and O–H groups in total. The number of carboxylic acids is 3. The summed E-state index contributed by atoms with van der Waals surface area (Å²) < 4.78 is 73.6. The first-order chi connectivity index (χ1) is 24.1. The Balaban J connectivity index is 1.65. The van der Waals surface area contributed by atoms with Crippen molar-refractivity contribution in [2.45, 2.75) is 123 Å². The van der Waals surface area contributed by atoms with Gasteiger partial charge in [-0.15, -0.1) is 0 Å². The van der Waals surface area contributed by atoms with Crippen LogP contribution in [-0.2, 0) is 62.1 Å². The van der Waals surface area contributed by atoms with E-state index in [1.54, 1.807) is 0 Å². The maximum absolute atomic E-state index is 12.2. The van der Waals surface area contributed by atoms with Crippen molar-refractivity contribution < 1.29 is 131 Å². The Morgan fingerprint density at radius 1 is 0.500 bits per heavy atom. The van der Waals surface area contributed by atoms with Gasteiger partial charge in [-0.2, -0.15) is 8.42 Å². The van der Waals surface area contributed by atoms with Gasteiger partial charge in [-0.1, -0.05) is 0 Å². The molecule has 0 spiro atoms. The molecular weight excluding hydrogens is 752 g/mol. The number of carbonyl (C=O) groups is 3. The summed E-state index contributed by atoms with van der Waals surface area (Å²) >= 11 is 0. The minimum atomic E-state index is -5.70. The maximum atomic E-state index is 12.2. The lowest BCUT2D eigenvalue weighted by Gasteiger charge is -2.48. The molecule has 4 fully saturated rings. The van der Waals surface area contributed by atoms with Crippen LogP contribution in [0.15, 0.2) is 0 Å². The quantitative estimate of drug-likeness (QED) is 0.0816. The number of aliphatic carboxylic acids is 3. The van der Waals surface area contributed by atoms with Gasteiger partial charge in [0.2, 0.25) is 0 Å². The van der Waals surface area contributed by atoms with Crippen molar-refractivity contribution in [1.82, 2.24) is 0 Å². The van der Waals surface area contributed by atoms with Crippen LogP contribution in [0.3, 0.4) is 0 Å². The highest BCUT2D eigenvalue weighted by Gasteiger charge is 2.59. The number of aliphatic hydroxyl groups is 10. The van der Waals surface area contributed by atoms with Crippen molar-refractivity contribution in [3.8, 4) is 0 Å². The van der Waals surface area contributed by atoms with Crippen LogP contribution in [0.4, 0.5) is 0 Å². The predicted octanol–water partition coefficient (Wildman–Crippen LogP) is -9.64. The van der Waals surface area contributed by atoms with Crippen LogP contribution in [-0.4, -0.2) is 227 Å². The van der Waals surface area contributed by atoms with Gasteiger partial charge < -0.3 is 99.5 Å². The third-order valence-electron chi connectivity index (χ3n) is 8.31. The van der Waals surface area contributed by atoms with Gasteiger partial charge in [0.1, 0.15) is 73.2 Å². The highest BCUT2D eigenvalue weighted by Crippen LogP contribution is 2.36. The second-order valence-corrected chi connectivity index (χ2v) is 12.8. The molecule has 0 saturated carbocycles. The zero-order valence-corrected chi connectivity index (χ0v) is 26.5. The summed E-state index contributed by atoms with van der Waals surface area (Å²) in [6, 6.07) is 0. The molecule has 4 rings (SSSR count). The molecule has 52 heavy (non-hydrogen) atoms. The average molecular weight is 789 g/mol. The summed E-state index contributed by atoms with van der Waals surface area (Å²) in [6.45, 7) is -1.08. The van der Waals surface area contributed by atoms with E-state index in [-0.39, 0.29) is 0 Å². The van der Waals surface area contributed by atoms with Gasteiger partial charge in [0.05, 0.1) is 6.61 Å². The minimum absolute atomic E-state index is 1.08. The lowest BCUT2D eigenvalue weighted by atomic mass is 9.95. The Morgan fingerprint density at radius 3 is 1.46 bits per heavy atom. The lowest BCUT2D eigenvalue weighted by molar-refractivity contribution is -0.379. The fraction of sp³-hybridized carbons (Fsp3) is 0.875. The molecule has 0 bridgehead atoms. The second-order valence-electron chi connectivity index (χ2n) is 11.8. The molecule has 4 saturated heterocycles. The summed E-state index contributed by atoms with van der Waals surface area (Å²) in [5.74, 6) is -5.95. The van der Waals surface area contributed by atoms with Crippen molar-refractivity contribution >= 4 is 28.3 Å². The maximum Gasteiger partial charge on any atom is 0.397 e. The van der Waals surface area contributed by atoms with Gasteiger partial charge in [0.25, 0.3) is 0 Å². The molecule has 300 valence electrons. The van der Waals surface area contributed by atoms with E-state index in [4.69, 9.17) is 33.2 Å². The van der Waals surface area contributed by atoms with Gasteiger partial charge >= 0.3 is 28.3 Å². The Labute approximate surface area is 289 Å². The lowest BCUT2D eigenvalue weighted by Crippen LogP contribution is -2.68. The summed E-state index contributed by atoms with van der Waals surface area (Å²) in [7, 11) is -5.70. The molecule has 20 atom stereocenters. The Kier molecular flexibility index (Phi) is 13.5. The number of rotatable bonds is 12. The monoisotopic (exact) mass is 788 g/mol. The van der Waals surface area contributed by atoms with Crippen molar-refractivity contribution in [3.63, 3.8) is 0 Å². The molecule has 0 aliphatic carbocycles. The van der Waals surface area contributed by atoms with Crippen LogP contribution in [0.5, 0.6) is 0 Å². The summed E-state index contributed by atoms with van der Waals surface area (Å²) in [5, 5.41) is 132. The van der Waals surface area contributed by atoms with Crippen molar-refractivity contribution in [3.05, 3.63) is 0 Å². The molecule has 4 heterocycles. The fourth-order valence-corrected chi connectivity index (χ4v) is 6.18. The fourth-order valence-electron chi connectivity index (χ4n) is 5.70. The molecule has 0 aromatic heterocycles. The van der Waals surface area contributed by atoms with Gasteiger partial charge in [0, 0.05) is 0 Å². The number of hydrogen-bond acceptors (Lipinski definition) is 23. The molecule has 0 aromatic carbocycles. The second kappa shape index (κ2) is 16.5. The Morgan fingerprint density at radius 2 is 0.942 bits per heavy atom. The van der Waals surface area contributed by atoms with Crippen LogP contribution in [0.25, 0.3) is 0 Å². The van der Waals surface area contributed by atoms with Crippen LogP contribution >= 0.6 is 0 Å². The smallest absolute Gasteiger partial charge is 0.397 e. The van der Waals surface area contributed by atoms with E-state index < -0.39 is 158 Å². The van der Waals surface area contributed by atoms with E-state index >= 15 is 0 Å². The topological polar surface area (TPSA) is 442 Å². The Hall–Kier alpha value is -2.40. The van der Waals surface area contributed by atoms with E-state index in [0.717, 1.165) is 0 Å². The molecule has 28 heteroatoms. The average Bonchev–Trinajstić information content (AvgIpc) is 3.05. The highest BCUT2D eigenvalue weighted by molar-refractivity contribution is 7.80. The predicted molar refractivity (Wildman–Crippen MR) is 146 cm³/mol. The summed E-state index contributed by atoms with van der Waals surface area (Å²) in [6.07, 6.45) is -47.0.